The van der Waals surface area contributed by atoms with Crippen LogP contribution in [-0.2, 0) is 4.79 Å². The van der Waals surface area contributed by atoms with Gasteiger partial charge < -0.3 is 14.2 Å². The highest BCUT2D eigenvalue weighted by Crippen LogP contribution is 2.40. The second kappa shape index (κ2) is 13.0. The lowest BCUT2D eigenvalue weighted by atomic mass is 10.0. The van der Waals surface area contributed by atoms with Gasteiger partial charge in [-0.2, -0.15) is 0 Å². The molecular weight excluding hydrogens is 622 g/mol. The molecule has 0 radical (unpaired) electrons. The summed E-state index contributed by atoms with van der Waals surface area (Å²) in [6.45, 7) is 8.43. The van der Waals surface area contributed by atoms with Crippen LogP contribution in [0.15, 0.2) is 108 Å². The summed E-state index contributed by atoms with van der Waals surface area (Å²) in [5.41, 5.74) is 6.93. The molecule has 0 amide bonds. The predicted molar refractivity (Wildman–Crippen MR) is 180 cm³/mol. The van der Waals surface area contributed by atoms with E-state index in [2.05, 4.69) is 64.9 Å². The Morgan fingerprint density at radius 3 is 1.59 bits per heavy atom. The van der Waals surface area contributed by atoms with Crippen molar-refractivity contribution in [3.63, 3.8) is 0 Å². The Hall–Kier alpha value is -4.49. The first-order valence-electron chi connectivity index (χ1n) is 14.4. The highest BCUT2D eigenvalue weighted by molar-refractivity contribution is 9.10. The van der Waals surface area contributed by atoms with Gasteiger partial charge >= 0.3 is 5.97 Å². The highest BCUT2D eigenvalue weighted by Gasteiger charge is 2.19. The van der Waals surface area contributed by atoms with Crippen molar-refractivity contribution in [2.24, 2.45) is 0 Å². The molecule has 0 aliphatic carbocycles. The van der Waals surface area contributed by atoms with Crippen molar-refractivity contribution in [2.75, 3.05) is 0 Å². The van der Waals surface area contributed by atoms with E-state index in [4.69, 9.17) is 5.11 Å². The fraction of sp³-hybridized carbons (Fsp3) is 0.162. The lowest BCUT2D eigenvalue weighted by molar-refractivity contribution is -0.131. The van der Waals surface area contributed by atoms with E-state index in [1.54, 1.807) is 18.2 Å². The first-order chi connectivity index (χ1) is 21.1. The molecule has 0 aliphatic heterocycles. The summed E-state index contributed by atoms with van der Waals surface area (Å²) in [4.78, 5) is 11.0. The molecule has 7 heteroatoms. The van der Waals surface area contributed by atoms with Crippen molar-refractivity contribution in [2.45, 2.75) is 39.8 Å². The second-order valence-corrected chi connectivity index (χ2v) is 11.8. The average Bonchev–Trinajstić information content (AvgIpc) is 3.49. The molecule has 0 unspecified atom stereocenters. The number of aliphatic carboxylic acids is 1. The van der Waals surface area contributed by atoms with Crippen LogP contribution in [0.2, 0.25) is 0 Å². The monoisotopic (exact) mass is 654 g/mol. The van der Waals surface area contributed by atoms with Gasteiger partial charge in [-0.25, -0.2) is 13.6 Å². The SMILES string of the molecule is CC(C)n1c(/C=C/C(=O)O)c(-c2ccc(F)cc2)c2ccccc21.CC(C)n1c(Br)c(-c2ccc(F)cc2)c2ccccc21. The molecule has 0 saturated carbocycles. The highest BCUT2D eigenvalue weighted by atomic mass is 79.9. The molecule has 1 N–H and O–H groups in total. The van der Waals surface area contributed by atoms with Crippen LogP contribution in [0.25, 0.3) is 50.1 Å². The van der Waals surface area contributed by atoms with Gasteiger partial charge in [0, 0.05) is 51.1 Å². The summed E-state index contributed by atoms with van der Waals surface area (Å²) < 4.78 is 31.8. The standard InChI is InChI=1S/C20H18FNO2.C17H15BrFN/c1-13(2)22-17-6-4-3-5-16(17)20(18(22)11-12-19(23)24)14-7-9-15(21)10-8-14;1-11(2)20-15-6-4-3-5-14(15)16(17(20)18)12-7-9-13(19)10-8-12/h3-13H,1-2H3,(H,23,24);3-11H,1-2H3/b12-11+;. The van der Waals surface area contributed by atoms with Gasteiger partial charge in [-0.1, -0.05) is 60.7 Å². The minimum absolute atomic E-state index is 0.151. The Labute approximate surface area is 264 Å². The van der Waals surface area contributed by atoms with E-state index in [1.807, 2.05) is 48.5 Å². The van der Waals surface area contributed by atoms with Crippen LogP contribution in [-0.4, -0.2) is 20.2 Å². The minimum Gasteiger partial charge on any atom is -0.478 e. The van der Waals surface area contributed by atoms with Crippen molar-refractivity contribution in [3.8, 4) is 22.3 Å². The number of carboxylic acid groups (broad SMARTS) is 1. The first-order valence-corrected chi connectivity index (χ1v) is 15.2. The minimum atomic E-state index is -0.999. The van der Waals surface area contributed by atoms with E-state index in [-0.39, 0.29) is 17.7 Å². The number of aromatic nitrogens is 2. The average molecular weight is 656 g/mol. The zero-order valence-electron chi connectivity index (χ0n) is 24.9. The van der Waals surface area contributed by atoms with Crippen LogP contribution < -0.4 is 0 Å². The Morgan fingerprint density at radius 1 is 0.682 bits per heavy atom. The Balaban J connectivity index is 0.000000177. The zero-order chi connectivity index (χ0) is 31.5. The molecule has 4 aromatic carbocycles. The number of para-hydroxylation sites is 2. The van der Waals surface area contributed by atoms with Crippen LogP contribution in [0.1, 0.15) is 45.5 Å². The number of nitrogens with zero attached hydrogens (tertiary/aromatic N) is 2. The van der Waals surface area contributed by atoms with Crippen molar-refractivity contribution in [1.82, 2.24) is 9.13 Å². The number of benzene rings is 4. The van der Waals surface area contributed by atoms with Gasteiger partial charge in [0.05, 0.1) is 10.3 Å². The predicted octanol–water partition coefficient (Wildman–Crippen LogP) is 10.9. The Bertz CT molecular complexity index is 1970. The second-order valence-electron chi connectivity index (χ2n) is 11.1. The molecule has 44 heavy (non-hydrogen) atoms. The Morgan fingerprint density at radius 2 is 1.11 bits per heavy atom. The van der Waals surface area contributed by atoms with Gasteiger partial charge in [-0.05, 0) is 97.2 Å². The molecule has 6 aromatic rings. The lowest BCUT2D eigenvalue weighted by Crippen LogP contribution is -2.03. The van der Waals surface area contributed by atoms with Crippen LogP contribution in [0.5, 0.6) is 0 Å². The number of halogens is 3. The van der Waals surface area contributed by atoms with Crippen LogP contribution in [0.3, 0.4) is 0 Å². The van der Waals surface area contributed by atoms with Gasteiger partial charge in [0.1, 0.15) is 11.6 Å². The summed E-state index contributed by atoms with van der Waals surface area (Å²) in [6.07, 6.45) is 2.75. The van der Waals surface area contributed by atoms with Crippen LogP contribution in [0.4, 0.5) is 8.78 Å². The normalized spacial score (nSPS) is 11.6. The lowest BCUT2D eigenvalue weighted by Gasteiger charge is -2.13. The van der Waals surface area contributed by atoms with E-state index in [0.29, 0.717) is 6.04 Å². The molecular formula is C37H33BrF2N2O2. The van der Waals surface area contributed by atoms with E-state index in [9.17, 15) is 13.6 Å². The van der Waals surface area contributed by atoms with E-state index < -0.39 is 5.97 Å². The van der Waals surface area contributed by atoms with E-state index >= 15 is 0 Å². The molecule has 0 aliphatic rings. The molecule has 4 nitrogen and oxygen atoms in total. The molecule has 2 heterocycles. The topological polar surface area (TPSA) is 47.2 Å². The van der Waals surface area contributed by atoms with Crippen molar-refractivity contribution >= 4 is 49.8 Å². The third-order valence-electron chi connectivity index (χ3n) is 7.48. The van der Waals surface area contributed by atoms with Crippen LogP contribution in [0, 0.1) is 11.6 Å². The van der Waals surface area contributed by atoms with Crippen molar-refractivity contribution in [3.05, 3.63) is 125 Å². The maximum absolute atomic E-state index is 13.3. The van der Waals surface area contributed by atoms with E-state index in [0.717, 1.165) is 49.5 Å². The summed E-state index contributed by atoms with van der Waals surface area (Å²) in [5, 5.41) is 11.2. The van der Waals surface area contributed by atoms with Crippen LogP contribution >= 0.6 is 15.9 Å². The van der Waals surface area contributed by atoms with Crippen molar-refractivity contribution in [1.29, 1.82) is 0 Å². The molecule has 2 aromatic heterocycles. The number of carboxylic acids is 1. The number of fused-ring (bicyclic) bond motifs is 2. The maximum atomic E-state index is 13.3. The smallest absolute Gasteiger partial charge is 0.328 e. The number of rotatable bonds is 6. The quantitative estimate of drug-likeness (QED) is 0.182. The molecule has 0 spiro atoms. The summed E-state index contributed by atoms with van der Waals surface area (Å²) in [7, 11) is 0. The largest absolute Gasteiger partial charge is 0.478 e. The van der Waals surface area contributed by atoms with Crippen molar-refractivity contribution < 1.29 is 18.7 Å². The third-order valence-corrected chi connectivity index (χ3v) is 8.26. The Kier molecular flexibility index (Phi) is 9.16. The first kappa shape index (κ1) is 31.0. The molecule has 0 fully saturated rings. The van der Waals surface area contributed by atoms with Gasteiger partial charge in [-0.3, -0.25) is 0 Å². The van der Waals surface area contributed by atoms with Gasteiger partial charge in [0.15, 0.2) is 0 Å². The third kappa shape index (κ3) is 6.10. The van der Waals surface area contributed by atoms with E-state index in [1.165, 1.54) is 35.2 Å². The summed E-state index contributed by atoms with van der Waals surface area (Å²) in [6, 6.07) is 29.7. The molecule has 0 atom stereocenters. The molecule has 0 saturated heterocycles. The fourth-order valence-electron chi connectivity index (χ4n) is 5.70. The van der Waals surface area contributed by atoms with Gasteiger partial charge in [-0.15, -0.1) is 0 Å². The molecule has 6 rings (SSSR count). The molecule has 224 valence electrons. The summed E-state index contributed by atoms with van der Waals surface area (Å²) >= 11 is 3.72. The zero-order valence-corrected chi connectivity index (χ0v) is 26.5. The summed E-state index contributed by atoms with van der Waals surface area (Å²) in [5.74, 6) is -1.51. The fourth-order valence-corrected chi connectivity index (χ4v) is 6.74. The molecule has 0 bridgehead atoms. The van der Waals surface area contributed by atoms with Gasteiger partial charge in [0.2, 0.25) is 0 Å². The maximum Gasteiger partial charge on any atom is 0.328 e. The van der Waals surface area contributed by atoms with Gasteiger partial charge in [0.25, 0.3) is 0 Å². The number of carbonyl (C=O) groups is 1. The number of hydrogen-bond acceptors (Lipinski definition) is 1. The number of hydrogen-bond donors (Lipinski definition) is 1.